The van der Waals surface area contributed by atoms with Crippen LogP contribution >= 0.6 is 0 Å². The number of carbonyl (C=O) groups excluding carboxylic acids is 1. The highest BCUT2D eigenvalue weighted by molar-refractivity contribution is 5.94. The van der Waals surface area contributed by atoms with Crippen LogP contribution in [0.1, 0.15) is 54.2 Å². The minimum absolute atomic E-state index is 0.0394. The number of ether oxygens (including phenoxy) is 1. The van der Waals surface area contributed by atoms with Crippen molar-refractivity contribution in [2.75, 3.05) is 6.54 Å². The Morgan fingerprint density at radius 3 is 2.34 bits per heavy atom. The Morgan fingerprint density at radius 1 is 1.09 bits per heavy atom. The molecule has 0 saturated heterocycles. The number of H-pyrrole nitrogens is 1. The van der Waals surface area contributed by atoms with Gasteiger partial charge < -0.3 is 25.3 Å². The highest BCUT2D eigenvalue weighted by Crippen LogP contribution is 2.31. The van der Waals surface area contributed by atoms with Crippen LogP contribution in [0.5, 0.6) is 5.75 Å². The van der Waals surface area contributed by atoms with Crippen LogP contribution in [0.4, 0.5) is 0 Å². The molecule has 1 aliphatic rings. The third kappa shape index (κ3) is 5.44. The lowest BCUT2D eigenvalue weighted by Gasteiger charge is -2.19. The Labute approximate surface area is 202 Å². The van der Waals surface area contributed by atoms with E-state index in [1.54, 1.807) is 12.1 Å². The predicted octanol–water partition coefficient (Wildman–Crippen LogP) is 2.82. The standard InChI is InChI=1S/C27H30N2O6/c1-3-15-9-17-11-19(12-18(17)10-16(15)4-2)28-14-22(30)20-5-7-23(35-26(34)13-25(32)33)27-21(20)6-8-24(31)29-27/h5-10,19,22,28,30H,3-4,11-14H2,1-2H3,(H,29,31)(H,32,33)/t22-/m0/s1. The summed E-state index contributed by atoms with van der Waals surface area (Å²) in [5.41, 5.74) is 5.93. The molecule has 4 N–H and O–H groups in total. The summed E-state index contributed by atoms with van der Waals surface area (Å²) in [5, 5.41) is 23.8. The summed E-state index contributed by atoms with van der Waals surface area (Å²) < 4.78 is 5.16. The lowest BCUT2D eigenvalue weighted by molar-refractivity contribution is -0.145. The smallest absolute Gasteiger partial charge is 0.322 e. The number of nitrogens with one attached hydrogen (secondary N) is 2. The van der Waals surface area contributed by atoms with Gasteiger partial charge in [-0.3, -0.25) is 14.4 Å². The van der Waals surface area contributed by atoms with Crippen LogP contribution in [0.2, 0.25) is 0 Å². The summed E-state index contributed by atoms with van der Waals surface area (Å²) in [6.45, 7) is 4.67. The van der Waals surface area contributed by atoms with Gasteiger partial charge in [0.25, 0.3) is 0 Å². The minimum atomic E-state index is -1.31. The second kappa shape index (κ2) is 10.4. The summed E-state index contributed by atoms with van der Waals surface area (Å²) >= 11 is 0. The van der Waals surface area contributed by atoms with E-state index in [-0.39, 0.29) is 17.3 Å². The molecule has 2 aromatic carbocycles. The Morgan fingerprint density at radius 2 is 1.74 bits per heavy atom. The van der Waals surface area contributed by atoms with Crippen molar-refractivity contribution in [2.24, 2.45) is 0 Å². The van der Waals surface area contributed by atoms with Crippen molar-refractivity contribution >= 4 is 22.8 Å². The van der Waals surface area contributed by atoms with Crippen LogP contribution in [0, 0.1) is 0 Å². The maximum absolute atomic E-state index is 11.9. The third-order valence-electron chi connectivity index (χ3n) is 6.59. The van der Waals surface area contributed by atoms with E-state index in [0.717, 1.165) is 25.7 Å². The van der Waals surface area contributed by atoms with Crippen molar-refractivity contribution in [1.82, 2.24) is 10.3 Å². The largest absolute Gasteiger partial charge is 0.481 e. The fourth-order valence-corrected chi connectivity index (χ4v) is 4.87. The van der Waals surface area contributed by atoms with E-state index in [9.17, 15) is 19.5 Å². The highest BCUT2D eigenvalue weighted by atomic mass is 16.5. The normalized spacial score (nSPS) is 14.1. The van der Waals surface area contributed by atoms with Gasteiger partial charge >= 0.3 is 11.9 Å². The number of fused-ring (bicyclic) bond motifs is 2. The van der Waals surface area contributed by atoms with E-state index in [2.05, 4.69) is 36.3 Å². The van der Waals surface area contributed by atoms with Crippen LogP contribution in [-0.4, -0.2) is 39.7 Å². The van der Waals surface area contributed by atoms with Gasteiger partial charge in [0.2, 0.25) is 5.56 Å². The molecule has 184 valence electrons. The molecule has 0 unspecified atom stereocenters. The lowest BCUT2D eigenvalue weighted by Crippen LogP contribution is -2.33. The van der Waals surface area contributed by atoms with Crippen molar-refractivity contribution in [3.63, 3.8) is 0 Å². The number of aromatic nitrogens is 1. The molecule has 8 heteroatoms. The van der Waals surface area contributed by atoms with Crippen LogP contribution in [0.3, 0.4) is 0 Å². The maximum atomic E-state index is 11.9. The first kappa shape index (κ1) is 24.6. The van der Waals surface area contributed by atoms with Crippen molar-refractivity contribution in [2.45, 2.75) is 58.1 Å². The van der Waals surface area contributed by atoms with Gasteiger partial charge in [-0.25, -0.2) is 0 Å². The molecule has 8 nitrogen and oxygen atoms in total. The molecule has 0 spiro atoms. The van der Waals surface area contributed by atoms with E-state index in [1.807, 2.05) is 0 Å². The average molecular weight is 479 g/mol. The predicted molar refractivity (Wildman–Crippen MR) is 132 cm³/mol. The minimum Gasteiger partial charge on any atom is -0.481 e. The zero-order valence-corrected chi connectivity index (χ0v) is 19.9. The van der Waals surface area contributed by atoms with Crippen molar-refractivity contribution < 1.29 is 24.5 Å². The molecule has 0 aliphatic heterocycles. The van der Waals surface area contributed by atoms with E-state index in [1.165, 1.54) is 34.4 Å². The number of aromatic amines is 1. The Hall–Kier alpha value is -3.49. The molecule has 1 aliphatic carbocycles. The van der Waals surface area contributed by atoms with Crippen molar-refractivity contribution in [3.8, 4) is 5.75 Å². The Kier molecular flexibility index (Phi) is 7.33. The Balaban J connectivity index is 1.50. The molecule has 0 saturated carbocycles. The van der Waals surface area contributed by atoms with Gasteiger partial charge in [-0.05, 0) is 65.6 Å². The maximum Gasteiger partial charge on any atom is 0.322 e. The molecule has 1 atom stereocenters. The van der Waals surface area contributed by atoms with Crippen LogP contribution in [0.15, 0.2) is 41.2 Å². The SMILES string of the molecule is CCc1cc2c(cc1CC)CC(NC[C@H](O)c1ccc(OC(=O)CC(=O)O)c3[nH]c(=O)ccc13)C2. The number of carboxylic acid groups (broad SMARTS) is 1. The molecule has 4 rings (SSSR count). The quantitative estimate of drug-likeness (QED) is 0.211. The number of esters is 1. The van der Waals surface area contributed by atoms with E-state index in [0.29, 0.717) is 17.5 Å². The fourth-order valence-electron chi connectivity index (χ4n) is 4.87. The monoisotopic (exact) mass is 478 g/mol. The molecule has 35 heavy (non-hydrogen) atoms. The van der Waals surface area contributed by atoms with Gasteiger partial charge in [0.15, 0.2) is 5.75 Å². The van der Waals surface area contributed by atoms with Crippen molar-refractivity contribution in [3.05, 3.63) is 74.6 Å². The number of pyridine rings is 1. The molecular formula is C27H30N2O6. The summed E-state index contributed by atoms with van der Waals surface area (Å²) in [5.74, 6) is -2.22. The second-order valence-corrected chi connectivity index (χ2v) is 8.93. The van der Waals surface area contributed by atoms with E-state index < -0.39 is 30.0 Å². The molecule has 0 bridgehead atoms. The van der Waals surface area contributed by atoms with Crippen LogP contribution in [-0.2, 0) is 35.3 Å². The van der Waals surface area contributed by atoms with Crippen LogP contribution < -0.4 is 15.6 Å². The first-order valence-corrected chi connectivity index (χ1v) is 11.9. The third-order valence-corrected chi connectivity index (χ3v) is 6.59. The highest BCUT2D eigenvalue weighted by Gasteiger charge is 2.24. The number of carboxylic acids is 1. The molecule has 3 aromatic rings. The van der Waals surface area contributed by atoms with E-state index >= 15 is 0 Å². The zero-order valence-electron chi connectivity index (χ0n) is 19.9. The van der Waals surface area contributed by atoms with Gasteiger partial charge in [0.05, 0.1) is 11.6 Å². The number of rotatable bonds is 9. The lowest BCUT2D eigenvalue weighted by atomic mass is 9.97. The Bertz CT molecular complexity index is 1300. The number of aryl methyl sites for hydroxylation is 2. The number of hydrogen-bond acceptors (Lipinski definition) is 6. The van der Waals surface area contributed by atoms with Gasteiger partial charge in [-0.1, -0.05) is 32.0 Å². The van der Waals surface area contributed by atoms with Gasteiger partial charge in [-0.2, -0.15) is 0 Å². The number of carbonyl (C=O) groups is 2. The fraction of sp³-hybridized carbons (Fsp3) is 0.370. The molecule has 0 fully saturated rings. The molecule has 0 radical (unpaired) electrons. The molecule has 1 heterocycles. The second-order valence-electron chi connectivity index (χ2n) is 8.93. The van der Waals surface area contributed by atoms with Crippen molar-refractivity contribution in [1.29, 1.82) is 0 Å². The average Bonchev–Trinajstić information content (AvgIpc) is 3.23. The number of benzene rings is 2. The molecule has 0 amide bonds. The van der Waals surface area contributed by atoms with E-state index in [4.69, 9.17) is 9.84 Å². The summed E-state index contributed by atoms with van der Waals surface area (Å²) in [6.07, 6.45) is 2.19. The summed E-state index contributed by atoms with van der Waals surface area (Å²) in [6, 6.07) is 10.8. The number of hydrogen-bond donors (Lipinski definition) is 4. The summed E-state index contributed by atoms with van der Waals surface area (Å²) in [4.78, 5) is 37.2. The van der Waals surface area contributed by atoms with Gasteiger partial charge in [0, 0.05) is 24.0 Å². The van der Waals surface area contributed by atoms with Gasteiger partial charge in [0.1, 0.15) is 6.42 Å². The number of aliphatic hydroxyl groups is 1. The molecular weight excluding hydrogens is 448 g/mol. The first-order chi connectivity index (χ1) is 16.8. The number of aliphatic carboxylic acids is 1. The molecule has 1 aromatic heterocycles. The zero-order chi connectivity index (χ0) is 25.1. The number of aliphatic hydroxyl groups excluding tert-OH is 1. The summed E-state index contributed by atoms with van der Waals surface area (Å²) in [7, 11) is 0. The van der Waals surface area contributed by atoms with Gasteiger partial charge in [-0.15, -0.1) is 0 Å². The van der Waals surface area contributed by atoms with Crippen LogP contribution in [0.25, 0.3) is 10.9 Å². The topological polar surface area (TPSA) is 129 Å². The first-order valence-electron chi connectivity index (χ1n) is 11.9.